The van der Waals surface area contributed by atoms with Gasteiger partial charge in [0, 0.05) is 31.7 Å². The van der Waals surface area contributed by atoms with Gasteiger partial charge < -0.3 is 24.8 Å². The van der Waals surface area contributed by atoms with E-state index >= 15 is 0 Å². The molecule has 2 amide bonds. The molecule has 0 saturated heterocycles. The summed E-state index contributed by atoms with van der Waals surface area (Å²) in [4.78, 5) is 62.1. The van der Waals surface area contributed by atoms with E-state index in [9.17, 15) is 24.0 Å². The van der Waals surface area contributed by atoms with Gasteiger partial charge in [-0.05, 0) is 34.6 Å². The van der Waals surface area contributed by atoms with Crippen molar-refractivity contribution in [2.45, 2.75) is 71.6 Å². The molecule has 0 aromatic heterocycles. The maximum atomic E-state index is 12.9. The summed E-state index contributed by atoms with van der Waals surface area (Å²) in [5, 5.41) is 4.88. The zero-order valence-electron chi connectivity index (χ0n) is 17.7. The van der Waals surface area contributed by atoms with Crippen LogP contribution in [0.3, 0.4) is 0 Å². The second-order valence-corrected chi connectivity index (χ2v) is 7.74. The maximum Gasteiger partial charge on any atom is 0.407 e. The minimum atomic E-state index is -2.27. The fourth-order valence-electron chi connectivity index (χ4n) is 3.27. The standard InChI is InChI=1S/C19H30N2O8/c1-7-27-15(24)19(21-11(3)22,16(25)28-8-2)13-9-12(23)10-14(13)20-17(26)29-18(4,5)6/h13-14H,7-10H2,1-6H3,(H,20,26)(H,21,22)/t13-,14-/m0/s1. The van der Waals surface area contributed by atoms with E-state index in [0.29, 0.717) is 0 Å². The summed E-state index contributed by atoms with van der Waals surface area (Å²) in [5.74, 6) is -4.20. The molecule has 1 aliphatic rings. The Morgan fingerprint density at radius 1 is 1.00 bits per heavy atom. The topological polar surface area (TPSA) is 137 Å². The minimum absolute atomic E-state index is 0.0651. The molecule has 10 heteroatoms. The second kappa shape index (κ2) is 9.71. The zero-order chi connectivity index (χ0) is 22.4. The largest absolute Gasteiger partial charge is 0.464 e. The number of ketones is 1. The highest BCUT2D eigenvalue weighted by Gasteiger charge is 2.61. The molecule has 10 nitrogen and oxygen atoms in total. The summed E-state index contributed by atoms with van der Waals surface area (Å²) < 4.78 is 15.3. The molecule has 0 radical (unpaired) electrons. The van der Waals surface area contributed by atoms with Gasteiger partial charge in [0.1, 0.15) is 11.4 Å². The van der Waals surface area contributed by atoms with Crippen molar-refractivity contribution >= 4 is 29.7 Å². The number of rotatable bonds is 7. The molecule has 164 valence electrons. The molecule has 29 heavy (non-hydrogen) atoms. The lowest BCUT2D eigenvalue weighted by atomic mass is 9.79. The highest BCUT2D eigenvalue weighted by atomic mass is 16.6. The van der Waals surface area contributed by atoms with Crippen LogP contribution in [0.4, 0.5) is 4.79 Å². The molecule has 0 aromatic carbocycles. The van der Waals surface area contributed by atoms with Crippen molar-refractivity contribution in [3.63, 3.8) is 0 Å². The smallest absolute Gasteiger partial charge is 0.407 e. The Balaban J connectivity index is 3.39. The number of carbonyl (C=O) groups excluding carboxylic acids is 5. The summed E-state index contributed by atoms with van der Waals surface area (Å²) in [5.41, 5.74) is -3.07. The lowest BCUT2D eigenvalue weighted by molar-refractivity contribution is -0.172. The quantitative estimate of drug-likeness (QED) is 0.355. The average Bonchev–Trinajstić information content (AvgIpc) is 2.91. The van der Waals surface area contributed by atoms with E-state index in [2.05, 4.69) is 10.6 Å². The van der Waals surface area contributed by atoms with E-state index in [4.69, 9.17) is 14.2 Å². The molecule has 2 N–H and O–H groups in total. The predicted molar refractivity (Wildman–Crippen MR) is 101 cm³/mol. The van der Waals surface area contributed by atoms with Crippen LogP contribution in [-0.2, 0) is 33.4 Å². The van der Waals surface area contributed by atoms with Crippen LogP contribution >= 0.6 is 0 Å². The lowest BCUT2D eigenvalue weighted by Crippen LogP contribution is -2.68. The molecular formula is C19H30N2O8. The summed E-state index contributed by atoms with van der Waals surface area (Å²) in [6.07, 6.45) is -1.19. The molecule has 0 heterocycles. The number of nitrogens with one attached hydrogen (secondary N) is 2. The van der Waals surface area contributed by atoms with Gasteiger partial charge in [0.05, 0.1) is 13.2 Å². The van der Waals surface area contributed by atoms with Crippen LogP contribution in [0, 0.1) is 5.92 Å². The van der Waals surface area contributed by atoms with E-state index in [1.54, 1.807) is 20.8 Å². The Morgan fingerprint density at radius 3 is 1.93 bits per heavy atom. The molecule has 0 unspecified atom stereocenters. The van der Waals surface area contributed by atoms with E-state index < -0.39 is 47.0 Å². The number of hydrogen-bond acceptors (Lipinski definition) is 8. The molecule has 2 atom stereocenters. The van der Waals surface area contributed by atoms with Crippen LogP contribution in [0.2, 0.25) is 0 Å². The van der Waals surface area contributed by atoms with Crippen LogP contribution in [0.5, 0.6) is 0 Å². The first-order valence-corrected chi connectivity index (χ1v) is 9.51. The summed E-state index contributed by atoms with van der Waals surface area (Å²) in [6.45, 7) is 9.08. The summed E-state index contributed by atoms with van der Waals surface area (Å²) >= 11 is 0. The van der Waals surface area contributed by atoms with Crippen LogP contribution in [0.15, 0.2) is 0 Å². The Labute approximate surface area is 170 Å². The summed E-state index contributed by atoms with van der Waals surface area (Å²) in [6, 6.07) is -0.946. The SMILES string of the molecule is CCOC(=O)C(NC(C)=O)(C(=O)OCC)[C@H]1CC(=O)C[C@@H]1NC(=O)OC(C)(C)C. The third-order valence-electron chi connectivity index (χ3n) is 4.21. The third-order valence-corrected chi connectivity index (χ3v) is 4.21. The van der Waals surface area contributed by atoms with Crippen LogP contribution in [-0.4, -0.2) is 60.1 Å². The van der Waals surface area contributed by atoms with Gasteiger partial charge in [0.25, 0.3) is 0 Å². The Kier molecular flexibility index (Phi) is 8.16. The molecular weight excluding hydrogens is 384 g/mol. The van der Waals surface area contributed by atoms with E-state index in [0.717, 1.165) is 6.92 Å². The fraction of sp³-hybridized carbons (Fsp3) is 0.737. The number of Topliss-reactive ketones (excluding diaryl/α,β-unsaturated/α-hetero) is 1. The minimum Gasteiger partial charge on any atom is -0.464 e. The molecule has 0 aromatic rings. The Hall–Kier alpha value is -2.65. The van der Waals surface area contributed by atoms with Crippen molar-refractivity contribution in [3.8, 4) is 0 Å². The Bertz CT molecular complexity index is 650. The molecule has 1 aliphatic carbocycles. The van der Waals surface area contributed by atoms with Crippen molar-refractivity contribution in [2.75, 3.05) is 13.2 Å². The molecule has 0 aliphatic heterocycles. The second-order valence-electron chi connectivity index (χ2n) is 7.74. The highest BCUT2D eigenvalue weighted by molar-refractivity contribution is 6.09. The number of amides is 2. The van der Waals surface area contributed by atoms with Crippen molar-refractivity contribution in [1.29, 1.82) is 0 Å². The first kappa shape index (κ1) is 24.4. The van der Waals surface area contributed by atoms with Crippen molar-refractivity contribution in [3.05, 3.63) is 0 Å². The average molecular weight is 414 g/mol. The van der Waals surface area contributed by atoms with Gasteiger partial charge in [-0.25, -0.2) is 14.4 Å². The number of carbonyl (C=O) groups is 5. The molecule has 1 rings (SSSR count). The van der Waals surface area contributed by atoms with Gasteiger partial charge in [0.15, 0.2) is 0 Å². The third kappa shape index (κ3) is 6.16. The van der Waals surface area contributed by atoms with Gasteiger partial charge in [-0.2, -0.15) is 0 Å². The van der Waals surface area contributed by atoms with Crippen LogP contribution in [0.1, 0.15) is 54.4 Å². The first-order chi connectivity index (χ1) is 13.4. The number of ether oxygens (including phenoxy) is 3. The monoisotopic (exact) mass is 414 g/mol. The number of esters is 2. The molecule has 0 spiro atoms. The normalized spacial score (nSPS) is 19.3. The van der Waals surface area contributed by atoms with E-state index in [-0.39, 0.29) is 31.8 Å². The van der Waals surface area contributed by atoms with Gasteiger partial charge in [-0.3, -0.25) is 9.59 Å². The lowest BCUT2D eigenvalue weighted by Gasteiger charge is -2.37. The van der Waals surface area contributed by atoms with Gasteiger partial charge >= 0.3 is 18.0 Å². The van der Waals surface area contributed by atoms with Crippen molar-refractivity contribution in [1.82, 2.24) is 10.6 Å². The van der Waals surface area contributed by atoms with E-state index in [1.165, 1.54) is 13.8 Å². The molecule has 1 saturated carbocycles. The number of hydrogen-bond donors (Lipinski definition) is 2. The zero-order valence-corrected chi connectivity index (χ0v) is 17.7. The maximum absolute atomic E-state index is 12.9. The first-order valence-electron chi connectivity index (χ1n) is 9.51. The van der Waals surface area contributed by atoms with Crippen molar-refractivity contribution < 1.29 is 38.2 Å². The van der Waals surface area contributed by atoms with Crippen LogP contribution in [0.25, 0.3) is 0 Å². The van der Waals surface area contributed by atoms with Gasteiger partial charge in [-0.1, -0.05) is 0 Å². The molecule has 1 fully saturated rings. The fourth-order valence-corrected chi connectivity index (χ4v) is 3.27. The highest BCUT2D eigenvalue weighted by Crippen LogP contribution is 2.35. The Morgan fingerprint density at radius 2 is 1.52 bits per heavy atom. The van der Waals surface area contributed by atoms with Gasteiger partial charge in [-0.15, -0.1) is 0 Å². The summed E-state index contributed by atoms with van der Waals surface area (Å²) in [7, 11) is 0. The van der Waals surface area contributed by atoms with Gasteiger partial charge in [0.2, 0.25) is 11.4 Å². The van der Waals surface area contributed by atoms with Crippen LogP contribution < -0.4 is 10.6 Å². The molecule has 0 bridgehead atoms. The van der Waals surface area contributed by atoms with E-state index in [1.807, 2.05) is 0 Å². The predicted octanol–water partition coefficient (Wildman–Crippen LogP) is 0.860. The van der Waals surface area contributed by atoms with Crippen molar-refractivity contribution in [2.24, 2.45) is 5.92 Å². The number of alkyl carbamates (subject to hydrolysis) is 1.